The van der Waals surface area contributed by atoms with Crippen molar-refractivity contribution in [2.45, 2.75) is 63.5 Å². The number of hydrogen-bond acceptors (Lipinski definition) is 5. The van der Waals surface area contributed by atoms with Gasteiger partial charge in [-0.15, -0.1) is 0 Å². The Morgan fingerprint density at radius 1 is 1.25 bits per heavy atom. The number of aliphatic hydroxyl groups excluding tert-OH is 2. The first kappa shape index (κ1) is 12.3. The molecule has 0 spiro atoms. The minimum atomic E-state index is -0.910. The third kappa shape index (κ3) is 2.10. The van der Waals surface area contributed by atoms with Crippen molar-refractivity contribution in [3.63, 3.8) is 0 Å². The van der Waals surface area contributed by atoms with Crippen LogP contribution in [-0.4, -0.2) is 53.1 Å². The maximum absolute atomic E-state index is 10.00. The van der Waals surface area contributed by atoms with Crippen LogP contribution in [0.25, 0.3) is 0 Å². The lowest BCUT2D eigenvalue weighted by Gasteiger charge is -2.48. The van der Waals surface area contributed by atoms with Crippen LogP contribution in [-0.2, 0) is 14.2 Å². The number of hydrogen-bond donors (Lipinski definition) is 2. The Balaban J connectivity index is 2.11. The van der Waals surface area contributed by atoms with Gasteiger partial charge >= 0.3 is 0 Å². The summed E-state index contributed by atoms with van der Waals surface area (Å²) in [6.45, 7) is 5.87. The molecule has 5 nitrogen and oxygen atoms in total. The molecule has 0 aromatic carbocycles. The number of fused-ring (bicyclic) bond motifs is 1. The summed E-state index contributed by atoms with van der Waals surface area (Å²) in [7, 11) is 0. The molecule has 0 aromatic rings. The first-order valence-electron chi connectivity index (χ1n) is 5.78. The standard InChI is InChI=1S/C11H20O5/c1-4-6-8(12)9(13)10-7(15-6)5-14-11(2,3)16-10/h6-10,12-13H,4-5H2,1-3H3. The summed E-state index contributed by atoms with van der Waals surface area (Å²) in [5, 5.41) is 19.8. The Bertz CT molecular complexity index is 253. The molecule has 0 aliphatic carbocycles. The maximum Gasteiger partial charge on any atom is 0.163 e. The number of ether oxygens (including phenoxy) is 3. The second-order valence-electron chi connectivity index (χ2n) is 4.90. The van der Waals surface area contributed by atoms with E-state index in [4.69, 9.17) is 14.2 Å². The van der Waals surface area contributed by atoms with E-state index < -0.39 is 24.1 Å². The van der Waals surface area contributed by atoms with Gasteiger partial charge in [0.15, 0.2) is 5.79 Å². The van der Waals surface area contributed by atoms with Gasteiger partial charge in [0.2, 0.25) is 0 Å². The lowest BCUT2D eigenvalue weighted by molar-refractivity contribution is -0.357. The van der Waals surface area contributed by atoms with Crippen LogP contribution >= 0.6 is 0 Å². The number of aliphatic hydroxyl groups is 2. The van der Waals surface area contributed by atoms with Gasteiger partial charge in [-0.05, 0) is 20.3 Å². The molecule has 2 rings (SSSR count). The lowest BCUT2D eigenvalue weighted by atomic mass is 9.93. The second kappa shape index (κ2) is 4.23. The van der Waals surface area contributed by atoms with Gasteiger partial charge in [0.25, 0.3) is 0 Å². The van der Waals surface area contributed by atoms with Crippen molar-refractivity contribution in [3.8, 4) is 0 Å². The summed E-state index contributed by atoms with van der Waals surface area (Å²) >= 11 is 0. The average molecular weight is 232 g/mol. The molecule has 0 amide bonds. The van der Waals surface area contributed by atoms with E-state index in [9.17, 15) is 10.2 Å². The SMILES string of the molecule is CCC1OC2COC(C)(C)OC2C(O)C1O. The highest BCUT2D eigenvalue weighted by Gasteiger charge is 2.49. The van der Waals surface area contributed by atoms with Crippen LogP contribution in [0, 0.1) is 0 Å². The first-order chi connectivity index (χ1) is 7.44. The van der Waals surface area contributed by atoms with Gasteiger partial charge in [-0.2, -0.15) is 0 Å². The van der Waals surface area contributed by atoms with Crippen molar-refractivity contribution >= 4 is 0 Å². The van der Waals surface area contributed by atoms with Crippen molar-refractivity contribution < 1.29 is 24.4 Å². The quantitative estimate of drug-likeness (QED) is 0.668. The van der Waals surface area contributed by atoms with Crippen LogP contribution < -0.4 is 0 Å². The predicted octanol–water partition coefficient (Wildman–Crippen LogP) is 0.0371. The second-order valence-corrected chi connectivity index (χ2v) is 4.90. The summed E-state index contributed by atoms with van der Waals surface area (Å²) in [6.07, 6.45) is -2.29. The highest BCUT2D eigenvalue weighted by molar-refractivity contribution is 4.95. The fraction of sp³-hybridized carbons (Fsp3) is 1.00. The molecule has 0 bridgehead atoms. The Kier molecular flexibility index (Phi) is 3.25. The van der Waals surface area contributed by atoms with E-state index in [0.717, 1.165) is 0 Å². The Hall–Kier alpha value is -0.200. The van der Waals surface area contributed by atoms with Gasteiger partial charge in [0, 0.05) is 0 Å². The minimum Gasteiger partial charge on any atom is -0.388 e. The van der Waals surface area contributed by atoms with Crippen LogP contribution in [0.15, 0.2) is 0 Å². The first-order valence-corrected chi connectivity index (χ1v) is 5.78. The molecule has 2 N–H and O–H groups in total. The third-order valence-corrected chi connectivity index (χ3v) is 3.20. The maximum atomic E-state index is 10.00. The van der Waals surface area contributed by atoms with E-state index in [-0.39, 0.29) is 12.2 Å². The zero-order chi connectivity index (χ0) is 11.9. The zero-order valence-corrected chi connectivity index (χ0v) is 9.92. The summed E-state index contributed by atoms with van der Waals surface area (Å²) in [6, 6.07) is 0. The van der Waals surface area contributed by atoms with Crippen LogP contribution in [0.2, 0.25) is 0 Å². The van der Waals surface area contributed by atoms with Crippen LogP contribution in [0.3, 0.4) is 0 Å². The van der Waals surface area contributed by atoms with Gasteiger partial charge in [-0.3, -0.25) is 0 Å². The summed E-state index contributed by atoms with van der Waals surface area (Å²) in [4.78, 5) is 0. The molecule has 2 aliphatic heterocycles. The summed E-state index contributed by atoms with van der Waals surface area (Å²) < 4.78 is 16.7. The topological polar surface area (TPSA) is 68.2 Å². The molecule has 2 heterocycles. The van der Waals surface area contributed by atoms with Crippen LogP contribution in [0.5, 0.6) is 0 Å². The fourth-order valence-corrected chi connectivity index (χ4v) is 2.28. The van der Waals surface area contributed by atoms with Crippen molar-refractivity contribution in [2.24, 2.45) is 0 Å². The molecule has 0 aromatic heterocycles. The van der Waals surface area contributed by atoms with Gasteiger partial charge in [0.05, 0.1) is 12.7 Å². The minimum absolute atomic E-state index is 0.295. The molecule has 2 aliphatic rings. The Labute approximate surface area is 95.3 Å². The molecule has 5 heteroatoms. The molecule has 0 radical (unpaired) electrons. The van der Waals surface area contributed by atoms with Gasteiger partial charge in [-0.1, -0.05) is 6.92 Å². The van der Waals surface area contributed by atoms with E-state index in [1.807, 2.05) is 6.92 Å². The molecule has 2 fully saturated rings. The van der Waals surface area contributed by atoms with Crippen molar-refractivity contribution in [2.75, 3.05) is 6.61 Å². The molecule has 16 heavy (non-hydrogen) atoms. The van der Waals surface area contributed by atoms with E-state index >= 15 is 0 Å². The van der Waals surface area contributed by atoms with Crippen molar-refractivity contribution in [1.29, 1.82) is 0 Å². The van der Waals surface area contributed by atoms with E-state index in [1.54, 1.807) is 13.8 Å². The molecular weight excluding hydrogens is 212 g/mol. The normalized spacial score (nSPS) is 47.4. The zero-order valence-electron chi connectivity index (χ0n) is 9.92. The molecule has 5 unspecified atom stereocenters. The van der Waals surface area contributed by atoms with Gasteiger partial charge in [-0.25, -0.2) is 0 Å². The Morgan fingerprint density at radius 3 is 2.56 bits per heavy atom. The van der Waals surface area contributed by atoms with Crippen molar-refractivity contribution in [1.82, 2.24) is 0 Å². The van der Waals surface area contributed by atoms with Crippen LogP contribution in [0.4, 0.5) is 0 Å². The van der Waals surface area contributed by atoms with E-state index in [2.05, 4.69) is 0 Å². The van der Waals surface area contributed by atoms with E-state index in [0.29, 0.717) is 13.0 Å². The van der Waals surface area contributed by atoms with Gasteiger partial charge in [0.1, 0.15) is 24.4 Å². The monoisotopic (exact) mass is 232 g/mol. The van der Waals surface area contributed by atoms with Crippen LogP contribution in [0.1, 0.15) is 27.2 Å². The molecule has 0 saturated carbocycles. The highest BCUT2D eigenvalue weighted by atomic mass is 16.7. The average Bonchev–Trinajstić information content (AvgIpc) is 2.23. The third-order valence-electron chi connectivity index (χ3n) is 3.20. The highest BCUT2D eigenvalue weighted by Crippen LogP contribution is 2.32. The van der Waals surface area contributed by atoms with Gasteiger partial charge < -0.3 is 24.4 Å². The summed E-state index contributed by atoms with van der Waals surface area (Å²) in [5.74, 6) is -0.732. The summed E-state index contributed by atoms with van der Waals surface area (Å²) in [5.41, 5.74) is 0. The van der Waals surface area contributed by atoms with Crippen molar-refractivity contribution in [3.05, 3.63) is 0 Å². The molecule has 5 atom stereocenters. The molecule has 2 saturated heterocycles. The molecule has 94 valence electrons. The smallest absolute Gasteiger partial charge is 0.163 e. The predicted molar refractivity (Wildman–Crippen MR) is 55.9 cm³/mol. The van der Waals surface area contributed by atoms with E-state index in [1.165, 1.54) is 0 Å². The molecular formula is C11H20O5. The lowest BCUT2D eigenvalue weighted by Crippen LogP contribution is -2.64. The fourth-order valence-electron chi connectivity index (χ4n) is 2.28. The Morgan fingerprint density at radius 2 is 1.94 bits per heavy atom. The largest absolute Gasteiger partial charge is 0.388 e. The number of rotatable bonds is 1.